The molecule has 1 aromatic carbocycles. The standard InChI is InChI=1S/C23H30N2O5/c1-14(2)21(15(3)4)25-23(27)18(13-17-8-7-11-30-17)24-22(26)16-9-10-19(28-5)20(12-16)29-6/h7-15,21H,1-6H3,(H,24,26)(H,25,27)/b18-13-. The highest BCUT2D eigenvalue weighted by Crippen LogP contribution is 2.27. The summed E-state index contributed by atoms with van der Waals surface area (Å²) < 4.78 is 15.8. The topological polar surface area (TPSA) is 89.8 Å². The molecule has 2 N–H and O–H groups in total. The number of carbonyl (C=O) groups excluding carboxylic acids is 2. The summed E-state index contributed by atoms with van der Waals surface area (Å²) in [5, 5.41) is 5.71. The molecule has 0 saturated heterocycles. The summed E-state index contributed by atoms with van der Waals surface area (Å²) in [6, 6.07) is 8.17. The molecule has 7 nitrogen and oxygen atoms in total. The third-order valence-electron chi connectivity index (χ3n) is 4.70. The van der Waals surface area contributed by atoms with Crippen LogP contribution < -0.4 is 20.1 Å². The zero-order valence-corrected chi connectivity index (χ0v) is 18.3. The van der Waals surface area contributed by atoms with E-state index < -0.39 is 5.91 Å². The van der Waals surface area contributed by atoms with Crippen molar-refractivity contribution in [2.45, 2.75) is 33.7 Å². The van der Waals surface area contributed by atoms with Gasteiger partial charge in [0.2, 0.25) is 0 Å². The third kappa shape index (κ3) is 5.89. The SMILES string of the molecule is COc1ccc(C(=O)N/C(=C\c2ccco2)C(=O)NC(C(C)C)C(C)C)cc1OC. The van der Waals surface area contributed by atoms with E-state index >= 15 is 0 Å². The normalized spacial score (nSPS) is 11.7. The lowest BCUT2D eigenvalue weighted by Crippen LogP contribution is -2.45. The molecule has 1 heterocycles. The summed E-state index contributed by atoms with van der Waals surface area (Å²) in [7, 11) is 3.01. The average molecular weight is 415 g/mol. The van der Waals surface area contributed by atoms with Gasteiger partial charge in [0.25, 0.3) is 11.8 Å². The van der Waals surface area contributed by atoms with Crippen molar-refractivity contribution in [1.82, 2.24) is 10.6 Å². The summed E-state index contributed by atoms with van der Waals surface area (Å²) in [5.74, 6) is 1.03. The zero-order chi connectivity index (χ0) is 22.3. The number of methoxy groups -OCH3 is 2. The van der Waals surface area contributed by atoms with E-state index in [9.17, 15) is 9.59 Å². The van der Waals surface area contributed by atoms with Crippen molar-refractivity contribution in [3.8, 4) is 11.5 Å². The Morgan fingerprint density at radius 1 is 1.00 bits per heavy atom. The number of hydrogen-bond acceptors (Lipinski definition) is 5. The molecule has 0 aliphatic heterocycles. The Bertz CT molecular complexity index is 877. The number of nitrogens with one attached hydrogen (secondary N) is 2. The maximum Gasteiger partial charge on any atom is 0.268 e. The first-order valence-corrected chi connectivity index (χ1v) is 9.86. The van der Waals surface area contributed by atoms with Gasteiger partial charge in [0.15, 0.2) is 11.5 Å². The Kier molecular flexibility index (Phi) is 8.09. The Morgan fingerprint density at radius 2 is 1.67 bits per heavy atom. The van der Waals surface area contributed by atoms with Gasteiger partial charge in [-0.05, 0) is 42.2 Å². The highest BCUT2D eigenvalue weighted by molar-refractivity contribution is 6.05. The van der Waals surface area contributed by atoms with Crippen LogP contribution in [-0.4, -0.2) is 32.1 Å². The minimum atomic E-state index is -0.449. The third-order valence-corrected chi connectivity index (χ3v) is 4.70. The summed E-state index contributed by atoms with van der Waals surface area (Å²) in [6.45, 7) is 8.18. The van der Waals surface area contributed by atoms with Gasteiger partial charge in [-0.1, -0.05) is 27.7 Å². The molecular weight excluding hydrogens is 384 g/mol. The first kappa shape index (κ1) is 23.1. The van der Waals surface area contributed by atoms with E-state index in [2.05, 4.69) is 10.6 Å². The Labute approximate surface area is 177 Å². The van der Waals surface area contributed by atoms with Crippen molar-refractivity contribution < 1.29 is 23.5 Å². The maximum absolute atomic E-state index is 13.0. The Hall–Kier alpha value is -3.22. The molecule has 0 radical (unpaired) electrons. The number of ether oxygens (including phenoxy) is 2. The smallest absolute Gasteiger partial charge is 0.268 e. The molecule has 0 unspecified atom stereocenters. The van der Waals surface area contributed by atoms with E-state index in [4.69, 9.17) is 13.9 Å². The van der Waals surface area contributed by atoms with Crippen molar-refractivity contribution >= 4 is 17.9 Å². The van der Waals surface area contributed by atoms with Crippen molar-refractivity contribution in [3.63, 3.8) is 0 Å². The minimum Gasteiger partial charge on any atom is -0.493 e. The summed E-state index contributed by atoms with van der Waals surface area (Å²) >= 11 is 0. The molecule has 162 valence electrons. The molecule has 0 bridgehead atoms. The van der Waals surface area contributed by atoms with Crippen LogP contribution in [0.2, 0.25) is 0 Å². The molecule has 2 aromatic rings. The van der Waals surface area contributed by atoms with E-state index in [-0.39, 0.29) is 29.5 Å². The van der Waals surface area contributed by atoms with E-state index in [1.165, 1.54) is 26.6 Å². The molecular formula is C23H30N2O5. The zero-order valence-electron chi connectivity index (χ0n) is 18.3. The molecule has 0 aliphatic carbocycles. The van der Waals surface area contributed by atoms with Gasteiger partial charge in [0.05, 0.1) is 20.5 Å². The van der Waals surface area contributed by atoms with Crippen LogP contribution in [0.3, 0.4) is 0 Å². The fraction of sp³-hybridized carbons (Fsp3) is 0.391. The lowest BCUT2D eigenvalue weighted by molar-refractivity contribution is -0.119. The molecule has 2 rings (SSSR count). The van der Waals surface area contributed by atoms with Crippen molar-refractivity contribution in [2.24, 2.45) is 11.8 Å². The number of carbonyl (C=O) groups is 2. The highest BCUT2D eigenvalue weighted by atomic mass is 16.5. The van der Waals surface area contributed by atoms with Gasteiger partial charge in [0.1, 0.15) is 11.5 Å². The van der Waals surface area contributed by atoms with E-state index in [0.29, 0.717) is 22.8 Å². The van der Waals surface area contributed by atoms with Crippen molar-refractivity contribution in [2.75, 3.05) is 14.2 Å². The molecule has 1 aromatic heterocycles. The van der Waals surface area contributed by atoms with Crippen LogP contribution in [-0.2, 0) is 4.79 Å². The number of benzene rings is 1. The number of amides is 2. The number of rotatable bonds is 9. The molecule has 0 fully saturated rings. The lowest BCUT2D eigenvalue weighted by atomic mass is 9.93. The largest absolute Gasteiger partial charge is 0.493 e. The number of furan rings is 1. The van der Waals surface area contributed by atoms with Crippen LogP contribution >= 0.6 is 0 Å². The van der Waals surface area contributed by atoms with Crippen molar-refractivity contribution in [3.05, 3.63) is 53.6 Å². The highest BCUT2D eigenvalue weighted by Gasteiger charge is 2.23. The summed E-state index contributed by atoms with van der Waals surface area (Å²) in [5.41, 5.74) is 0.422. The monoisotopic (exact) mass is 414 g/mol. The molecule has 30 heavy (non-hydrogen) atoms. The fourth-order valence-electron chi connectivity index (χ4n) is 3.18. The van der Waals surface area contributed by atoms with Crippen LogP contribution in [0, 0.1) is 11.8 Å². The molecule has 0 spiro atoms. The van der Waals surface area contributed by atoms with Gasteiger partial charge < -0.3 is 24.5 Å². The predicted octanol–water partition coefficient (Wildman–Crippen LogP) is 3.86. The van der Waals surface area contributed by atoms with Crippen LogP contribution in [0.5, 0.6) is 11.5 Å². The predicted molar refractivity (Wildman–Crippen MR) is 115 cm³/mol. The molecule has 7 heteroatoms. The van der Waals surface area contributed by atoms with Gasteiger partial charge in [-0.25, -0.2) is 0 Å². The minimum absolute atomic E-state index is 0.0458. The second kappa shape index (κ2) is 10.5. The second-order valence-corrected chi connectivity index (χ2v) is 7.58. The summed E-state index contributed by atoms with van der Waals surface area (Å²) in [4.78, 5) is 25.8. The van der Waals surface area contributed by atoms with Gasteiger partial charge in [0, 0.05) is 17.7 Å². The molecule has 0 saturated carbocycles. The maximum atomic E-state index is 13.0. The van der Waals surface area contributed by atoms with E-state index in [0.717, 1.165) is 0 Å². The van der Waals surface area contributed by atoms with E-state index in [1.807, 2.05) is 27.7 Å². The lowest BCUT2D eigenvalue weighted by Gasteiger charge is -2.26. The van der Waals surface area contributed by atoms with Gasteiger partial charge in [-0.15, -0.1) is 0 Å². The fourth-order valence-corrected chi connectivity index (χ4v) is 3.18. The number of hydrogen-bond donors (Lipinski definition) is 2. The Morgan fingerprint density at radius 3 is 2.20 bits per heavy atom. The van der Waals surface area contributed by atoms with Gasteiger partial charge in [-0.2, -0.15) is 0 Å². The van der Waals surface area contributed by atoms with Crippen LogP contribution in [0.25, 0.3) is 6.08 Å². The second-order valence-electron chi connectivity index (χ2n) is 7.58. The molecule has 2 amide bonds. The quantitative estimate of drug-likeness (QED) is 0.608. The Balaban J connectivity index is 2.30. The van der Waals surface area contributed by atoms with Crippen LogP contribution in [0.1, 0.15) is 43.8 Å². The van der Waals surface area contributed by atoms with Crippen LogP contribution in [0.4, 0.5) is 0 Å². The molecule has 0 atom stereocenters. The summed E-state index contributed by atoms with van der Waals surface area (Å²) in [6.07, 6.45) is 3.01. The average Bonchev–Trinajstić information content (AvgIpc) is 3.23. The first-order valence-electron chi connectivity index (χ1n) is 9.86. The van der Waals surface area contributed by atoms with Gasteiger partial charge >= 0.3 is 0 Å². The molecule has 0 aliphatic rings. The first-order chi connectivity index (χ1) is 14.3. The van der Waals surface area contributed by atoms with Crippen molar-refractivity contribution in [1.29, 1.82) is 0 Å². The van der Waals surface area contributed by atoms with E-state index in [1.54, 1.807) is 30.3 Å². The van der Waals surface area contributed by atoms with Gasteiger partial charge in [-0.3, -0.25) is 9.59 Å². The van der Waals surface area contributed by atoms with Crippen LogP contribution in [0.15, 0.2) is 46.7 Å².